The van der Waals surface area contributed by atoms with Crippen molar-refractivity contribution in [1.29, 1.82) is 0 Å². The van der Waals surface area contributed by atoms with Crippen molar-refractivity contribution in [1.82, 2.24) is 0 Å². The molecule has 2 aromatic carbocycles. The highest BCUT2D eigenvalue weighted by Crippen LogP contribution is 2.35. The summed E-state index contributed by atoms with van der Waals surface area (Å²) in [6.07, 6.45) is -1.22. The van der Waals surface area contributed by atoms with Gasteiger partial charge in [0.25, 0.3) is 0 Å². The summed E-state index contributed by atoms with van der Waals surface area (Å²) in [5.41, 5.74) is 1.84. The van der Waals surface area contributed by atoms with Crippen LogP contribution in [0.1, 0.15) is 45.7 Å². The Kier molecular flexibility index (Phi) is 12.0. The first-order valence-corrected chi connectivity index (χ1v) is 13.2. The predicted molar refractivity (Wildman–Crippen MR) is 147 cm³/mol. The molecule has 0 saturated carbocycles. The summed E-state index contributed by atoms with van der Waals surface area (Å²) in [5, 5.41) is 0. The summed E-state index contributed by atoms with van der Waals surface area (Å²) in [5.74, 6) is 0.0921. The third-order valence-corrected chi connectivity index (χ3v) is 6.59. The largest absolute Gasteiger partial charge is 0.490 e. The van der Waals surface area contributed by atoms with E-state index in [1.54, 1.807) is 0 Å². The molecule has 37 heavy (non-hydrogen) atoms. The molecule has 10 heteroatoms. The molecular formula is C27H32ClIO8. The number of rotatable bonds is 13. The Bertz CT molecular complexity index is 1070. The van der Waals surface area contributed by atoms with Gasteiger partial charge in [0, 0.05) is 26.2 Å². The van der Waals surface area contributed by atoms with Gasteiger partial charge < -0.3 is 23.7 Å². The summed E-state index contributed by atoms with van der Waals surface area (Å²) in [7, 11) is 0. The summed E-state index contributed by atoms with van der Waals surface area (Å²) in [6, 6.07) is 13.6. The molecule has 0 spiro atoms. The zero-order chi connectivity index (χ0) is 27.6. The van der Waals surface area contributed by atoms with E-state index in [9.17, 15) is 14.4 Å². The van der Waals surface area contributed by atoms with Crippen LogP contribution in [-0.4, -0.2) is 55.8 Å². The minimum absolute atomic E-state index is 0.0529. The predicted octanol–water partition coefficient (Wildman–Crippen LogP) is 5.04. The minimum Gasteiger partial charge on any atom is -0.490 e. The van der Waals surface area contributed by atoms with E-state index in [0.717, 1.165) is 14.7 Å². The number of benzene rings is 2. The fourth-order valence-electron chi connectivity index (χ4n) is 3.42. The van der Waals surface area contributed by atoms with Crippen molar-refractivity contribution >= 4 is 52.1 Å². The molecule has 0 aromatic heterocycles. The van der Waals surface area contributed by atoms with Gasteiger partial charge in [-0.05, 0) is 58.0 Å². The second-order valence-electron chi connectivity index (χ2n) is 8.84. The highest BCUT2D eigenvalue weighted by atomic mass is 127. The third kappa shape index (κ3) is 10.0. The average molecular weight is 647 g/mol. The molecule has 0 heterocycles. The number of hydrogen-bond donors (Lipinski definition) is 0. The average Bonchev–Trinajstić information content (AvgIpc) is 2.83. The van der Waals surface area contributed by atoms with Crippen LogP contribution < -0.4 is 9.47 Å². The van der Waals surface area contributed by atoms with E-state index in [-0.39, 0.29) is 31.1 Å². The maximum Gasteiger partial charge on any atom is 0.303 e. The van der Waals surface area contributed by atoms with Crippen LogP contribution in [0.3, 0.4) is 0 Å². The van der Waals surface area contributed by atoms with Crippen LogP contribution >= 0.6 is 34.2 Å². The van der Waals surface area contributed by atoms with E-state index in [4.69, 9.17) is 35.3 Å². The maximum atomic E-state index is 11.3. The van der Waals surface area contributed by atoms with Crippen LogP contribution in [-0.2, 0) is 34.0 Å². The second-order valence-corrected chi connectivity index (χ2v) is 10.3. The molecule has 0 unspecified atom stereocenters. The first kappa shape index (κ1) is 30.7. The summed E-state index contributed by atoms with van der Waals surface area (Å²) in [6.45, 7) is 8.30. The molecule has 202 valence electrons. The summed E-state index contributed by atoms with van der Waals surface area (Å²) < 4.78 is 27.7. The van der Waals surface area contributed by atoms with Gasteiger partial charge in [-0.3, -0.25) is 14.4 Å². The number of halogens is 2. The molecule has 0 aliphatic heterocycles. The molecular weight excluding hydrogens is 615 g/mol. The SMILES string of the molecule is CC(=O)OC[C@H](COc1ccc(C(C)(C)c2ccc(OC[C@H](CCl)OC(C)=O)c(I)c2)cc1)OC(C)=O. The van der Waals surface area contributed by atoms with Gasteiger partial charge in [0.15, 0.2) is 6.10 Å². The highest BCUT2D eigenvalue weighted by molar-refractivity contribution is 14.1. The molecule has 0 bridgehead atoms. The lowest BCUT2D eigenvalue weighted by molar-refractivity contribution is -0.158. The van der Waals surface area contributed by atoms with Gasteiger partial charge in [-0.2, -0.15) is 0 Å². The number of ether oxygens (including phenoxy) is 5. The molecule has 8 nitrogen and oxygen atoms in total. The maximum absolute atomic E-state index is 11.3. The molecule has 2 rings (SSSR count). The number of hydrogen-bond acceptors (Lipinski definition) is 8. The number of carbonyl (C=O) groups excluding carboxylic acids is 3. The lowest BCUT2D eigenvalue weighted by atomic mass is 9.78. The molecule has 2 aromatic rings. The van der Waals surface area contributed by atoms with Crippen LogP contribution in [0.4, 0.5) is 0 Å². The van der Waals surface area contributed by atoms with Crippen LogP contribution in [0.2, 0.25) is 0 Å². The van der Waals surface area contributed by atoms with Gasteiger partial charge in [-0.15, -0.1) is 11.6 Å². The summed E-state index contributed by atoms with van der Waals surface area (Å²) in [4.78, 5) is 33.6. The van der Waals surface area contributed by atoms with E-state index < -0.39 is 30.1 Å². The van der Waals surface area contributed by atoms with Crippen LogP contribution in [0.25, 0.3) is 0 Å². The quantitative estimate of drug-likeness (QED) is 0.129. The number of carbonyl (C=O) groups is 3. The Morgan fingerprint density at radius 2 is 1.38 bits per heavy atom. The van der Waals surface area contributed by atoms with E-state index in [2.05, 4.69) is 42.5 Å². The van der Waals surface area contributed by atoms with Crippen LogP contribution in [0.5, 0.6) is 11.5 Å². The van der Waals surface area contributed by atoms with Crippen molar-refractivity contribution in [2.75, 3.05) is 25.7 Å². The fourth-order valence-corrected chi connectivity index (χ4v) is 4.24. The fraction of sp³-hybridized carbons (Fsp3) is 0.444. The van der Waals surface area contributed by atoms with Gasteiger partial charge in [-0.25, -0.2) is 0 Å². The Morgan fingerprint density at radius 1 is 0.811 bits per heavy atom. The molecule has 0 fully saturated rings. The van der Waals surface area contributed by atoms with E-state index >= 15 is 0 Å². The van der Waals surface area contributed by atoms with E-state index in [1.165, 1.54) is 20.8 Å². The molecule has 0 aliphatic rings. The van der Waals surface area contributed by atoms with Crippen molar-refractivity contribution in [3.05, 3.63) is 57.2 Å². The van der Waals surface area contributed by atoms with Gasteiger partial charge in [-0.1, -0.05) is 32.0 Å². The van der Waals surface area contributed by atoms with E-state index in [1.807, 2.05) is 36.4 Å². The molecule has 0 N–H and O–H groups in total. The van der Waals surface area contributed by atoms with E-state index in [0.29, 0.717) is 11.5 Å². The van der Waals surface area contributed by atoms with Crippen molar-refractivity contribution in [2.24, 2.45) is 0 Å². The first-order valence-electron chi connectivity index (χ1n) is 11.6. The van der Waals surface area contributed by atoms with Crippen LogP contribution in [0.15, 0.2) is 42.5 Å². The summed E-state index contributed by atoms with van der Waals surface area (Å²) >= 11 is 8.07. The second kappa shape index (κ2) is 14.4. The Morgan fingerprint density at radius 3 is 1.92 bits per heavy atom. The Hall–Kier alpha value is -2.53. The monoisotopic (exact) mass is 646 g/mol. The zero-order valence-electron chi connectivity index (χ0n) is 21.5. The molecule has 0 aliphatic carbocycles. The molecule has 2 atom stereocenters. The van der Waals surface area contributed by atoms with Gasteiger partial charge in [0.05, 0.1) is 9.45 Å². The topological polar surface area (TPSA) is 97.4 Å². The lowest BCUT2D eigenvalue weighted by Crippen LogP contribution is -2.29. The lowest BCUT2D eigenvalue weighted by Gasteiger charge is -2.27. The Balaban J connectivity index is 2.06. The molecule has 0 radical (unpaired) electrons. The van der Waals surface area contributed by atoms with Crippen molar-refractivity contribution in [2.45, 2.75) is 52.2 Å². The minimum atomic E-state index is -0.700. The number of esters is 3. The van der Waals surface area contributed by atoms with Gasteiger partial charge in [0.1, 0.15) is 37.4 Å². The van der Waals surface area contributed by atoms with Crippen molar-refractivity contribution < 1.29 is 38.1 Å². The normalized spacial score (nSPS) is 12.7. The van der Waals surface area contributed by atoms with Gasteiger partial charge >= 0.3 is 17.9 Å². The molecule has 0 amide bonds. The van der Waals surface area contributed by atoms with Gasteiger partial charge in [0.2, 0.25) is 0 Å². The molecule has 0 saturated heterocycles. The zero-order valence-corrected chi connectivity index (χ0v) is 24.5. The standard InChI is InChI=1S/C27H32ClIO8/c1-17(30)33-15-24(37-19(3)32)16-34-22-9-6-20(7-10-22)27(4,5)21-8-11-26(25(29)12-21)35-14-23(13-28)36-18(2)31/h6-12,23-24H,13-16H2,1-5H3/t23-,24+/m0/s1. The third-order valence-electron chi connectivity index (χ3n) is 5.40. The van der Waals surface area contributed by atoms with Crippen molar-refractivity contribution in [3.63, 3.8) is 0 Å². The van der Waals surface area contributed by atoms with Crippen molar-refractivity contribution in [3.8, 4) is 11.5 Å². The first-order chi connectivity index (χ1) is 17.4. The smallest absolute Gasteiger partial charge is 0.303 e. The Labute approximate surface area is 236 Å². The highest BCUT2D eigenvalue weighted by Gasteiger charge is 2.25. The number of alkyl halides is 1. The van der Waals surface area contributed by atoms with Crippen LogP contribution in [0, 0.1) is 3.57 Å².